The first-order valence-electron chi connectivity index (χ1n) is 14.1. The van der Waals surface area contributed by atoms with E-state index in [-0.39, 0.29) is 30.9 Å². The van der Waals surface area contributed by atoms with Gasteiger partial charge >= 0.3 is 13.7 Å². The number of aromatic nitrogens is 5. The third-order valence-electron chi connectivity index (χ3n) is 7.50. The van der Waals surface area contributed by atoms with E-state index in [2.05, 4.69) is 41.0 Å². The number of hydrogen-bond acceptors (Lipinski definition) is 10. The number of carbonyl (C=O) groups excluding carboxylic acids is 1. The Hall–Kier alpha value is -4.23. The van der Waals surface area contributed by atoms with Gasteiger partial charge in [0.05, 0.1) is 33.2 Å². The van der Waals surface area contributed by atoms with Crippen LogP contribution in [0.15, 0.2) is 77.7 Å². The second kappa shape index (κ2) is 13.0. The summed E-state index contributed by atoms with van der Waals surface area (Å²) in [6.45, 7) is 0.0435. The molecule has 45 heavy (non-hydrogen) atoms. The molecular formula is C30H31BrN7O6P. The second-order valence-corrected chi connectivity index (χ2v) is 13.1. The molecule has 13 nitrogen and oxygen atoms in total. The molecule has 3 heterocycles. The van der Waals surface area contributed by atoms with Crippen LogP contribution in [0.25, 0.3) is 22.1 Å². The van der Waals surface area contributed by atoms with Gasteiger partial charge in [-0.1, -0.05) is 46.3 Å². The molecule has 4 atom stereocenters. The lowest BCUT2D eigenvalue weighted by Crippen LogP contribution is -2.39. The number of imidazole rings is 1. The maximum Gasteiger partial charge on any atom is 0.459 e. The highest BCUT2D eigenvalue weighted by molar-refractivity contribution is 9.10. The number of carbonyl (C=O) groups is 1. The number of allylic oxidation sites excluding steroid dienone is 1. The molecule has 1 unspecified atom stereocenters. The second-order valence-electron chi connectivity index (χ2n) is 10.5. The average molecular weight is 696 g/mol. The van der Waals surface area contributed by atoms with E-state index < -0.39 is 19.8 Å². The largest absolute Gasteiger partial charge is 0.479 e. The molecule has 234 valence electrons. The standard InChI is InChI=1S/C30H31BrN7O6P/c1-41-28-26-27(35-30(32)36-28)38(17-34-26)21-10-7-18(13-21)16-43-45(40,44-22-11-8-20(31)9-12-22)37-25(29(39)42-2)14-19-15-33-24-6-4-3-5-23(19)24/h3-12,15,17-18,21,25,33H,13-14,16H2,1-2H3,(H,37,40)(H2,32,35,36)/t18-,21+,25+,45?/m1/s1. The Morgan fingerprint density at radius 1 is 1.18 bits per heavy atom. The van der Waals surface area contributed by atoms with E-state index in [1.807, 2.05) is 47.2 Å². The van der Waals surface area contributed by atoms with Crippen LogP contribution in [-0.4, -0.2) is 57.3 Å². The van der Waals surface area contributed by atoms with Crippen molar-refractivity contribution in [1.29, 1.82) is 0 Å². The maximum atomic E-state index is 14.4. The monoisotopic (exact) mass is 695 g/mol. The van der Waals surface area contributed by atoms with E-state index in [1.165, 1.54) is 14.2 Å². The zero-order chi connectivity index (χ0) is 31.6. The van der Waals surface area contributed by atoms with E-state index in [0.717, 1.165) is 20.9 Å². The molecule has 5 aromatic rings. The number of halogens is 1. The van der Waals surface area contributed by atoms with Crippen molar-refractivity contribution in [3.8, 4) is 11.6 Å². The quantitative estimate of drug-likeness (QED) is 0.0873. The Bertz CT molecular complexity index is 1910. The Balaban J connectivity index is 1.21. The predicted octanol–water partition coefficient (Wildman–Crippen LogP) is 5.36. The van der Waals surface area contributed by atoms with Crippen molar-refractivity contribution >= 4 is 57.7 Å². The van der Waals surface area contributed by atoms with E-state index >= 15 is 0 Å². The van der Waals surface area contributed by atoms with E-state index in [4.69, 9.17) is 24.3 Å². The first-order chi connectivity index (χ1) is 21.7. The summed E-state index contributed by atoms with van der Waals surface area (Å²) in [6, 6.07) is 13.4. The number of esters is 1. The van der Waals surface area contributed by atoms with Crippen LogP contribution in [0.2, 0.25) is 0 Å². The van der Waals surface area contributed by atoms with Crippen LogP contribution in [0, 0.1) is 5.92 Å². The van der Waals surface area contributed by atoms with Crippen molar-refractivity contribution < 1.29 is 27.9 Å². The number of hydrogen-bond donors (Lipinski definition) is 3. The molecular weight excluding hydrogens is 665 g/mol. The smallest absolute Gasteiger partial charge is 0.459 e. The van der Waals surface area contributed by atoms with Gasteiger partial charge in [-0.2, -0.15) is 15.1 Å². The fourth-order valence-electron chi connectivity index (χ4n) is 5.33. The van der Waals surface area contributed by atoms with Crippen LogP contribution >= 0.6 is 23.7 Å². The SMILES string of the molecule is COC(=O)[C@H](Cc1c[nH]c2ccccc12)NP(=O)(OC[C@@H]1C=C[C@H](n2cnc3c(OC)nc(N)nc32)C1)Oc1ccc(Br)cc1. The normalized spacial score (nSPS) is 18.2. The zero-order valence-corrected chi connectivity index (χ0v) is 26.9. The molecule has 1 aliphatic carbocycles. The minimum absolute atomic E-state index is 0.0435. The number of ether oxygens (including phenoxy) is 2. The molecule has 0 radical (unpaired) electrons. The lowest BCUT2D eigenvalue weighted by atomic mass is 10.1. The first kappa shape index (κ1) is 30.8. The van der Waals surface area contributed by atoms with Gasteiger partial charge in [-0.25, -0.2) is 9.55 Å². The molecule has 0 bridgehead atoms. The lowest BCUT2D eigenvalue weighted by Gasteiger charge is -2.25. The highest BCUT2D eigenvalue weighted by atomic mass is 79.9. The molecule has 4 N–H and O–H groups in total. The number of nitrogens with one attached hydrogen (secondary N) is 2. The molecule has 0 amide bonds. The Morgan fingerprint density at radius 2 is 1.98 bits per heavy atom. The highest BCUT2D eigenvalue weighted by Crippen LogP contribution is 2.47. The summed E-state index contributed by atoms with van der Waals surface area (Å²) < 4.78 is 39.5. The molecule has 0 saturated heterocycles. The number of para-hydroxylation sites is 1. The van der Waals surface area contributed by atoms with E-state index in [9.17, 15) is 9.36 Å². The minimum atomic E-state index is -4.13. The van der Waals surface area contributed by atoms with Crippen LogP contribution < -0.4 is 20.1 Å². The van der Waals surface area contributed by atoms with Gasteiger partial charge in [-0.3, -0.25) is 9.32 Å². The van der Waals surface area contributed by atoms with Crippen molar-refractivity contribution in [2.45, 2.75) is 24.9 Å². The van der Waals surface area contributed by atoms with Gasteiger partial charge in [0.15, 0.2) is 11.2 Å². The summed E-state index contributed by atoms with van der Waals surface area (Å²) in [4.78, 5) is 29.0. The number of aromatic amines is 1. The van der Waals surface area contributed by atoms with Crippen molar-refractivity contribution in [3.63, 3.8) is 0 Å². The fraction of sp³-hybridized carbons (Fsp3) is 0.267. The summed E-state index contributed by atoms with van der Waals surface area (Å²) in [5.74, 6) is -0.0630. The summed E-state index contributed by atoms with van der Waals surface area (Å²) in [6.07, 6.45) is 8.25. The molecule has 0 spiro atoms. The van der Waals surface area contributed by atoms with Gasteiger partial charge in [0, 0.05) is 33.9 Å². The topological polar surface area (TPSA) is 168 Å². The van der Waals surface area contributed by atoms with Crippen molar-refractivity contribution in [1.82, 2.24) is 29.6 Å². The van der Waals surface area contributed by atoms with Crippen LogP contribution in [0.3, 0.4) is 0 Å². The minimum Gasteiger partial charge on any atom is -0.479 e. The third kappa shape index (κ3) is 6.74. The van der Waals surface area contributed by atoms with Crippen molar-refractivity contribution in [3.05, 3.63) is 83.2 Å². The number of nitrogens with two attached hydrogens (primary N) is 1. The Labute approximate surface area is 266 Å². The molecule has 0 aliphatic heterocycles. The molecule has 6 rings (SSSR count). The van der Waals surface area contributed by atoms with Crippen LogP contribution in [0.4, 0.5) is 5.95 Å². The van der Waals surface area contributed by atoms with Gasteiger partial charge < -0.3 is 29.3 Å². The van der Waals surface area contributed by atoms with Crippen LogP contribution in [0.5, 0.6) is 11.6 Å². The van der Waals surface area contributed by atoms with Gasteiger partial charge in [-0.05, 0) is 42.3 Å². The van der Waals surface area contributed by atoms with Crippen molar-refractivity contribution in [2.75, 3.05) is 26.6 Å². The first-order valence-corrected chi connectivity index (χ1v) is 16.4. The third-order valence-corrected chi connectivity index (χ3v) is 9.60. The Kier molecular flexibility index (Phi) is 8.90. The molecule has 1 aliphatic rings. The molecule has 3 aromatic heterocycles. The van der Waals surface area contributed by atoms with Crippen LogP contribution in [0.1, 0.15) is 18.0 Å². The van der Waals surface area contributed by atoms with Crippen molar-refractivity contribution in [2.24, 2.45) is 5.92 Å². The molecule has 0 saturated carbocycles. The molecule has 0 fully saturated rings. The number of anilines is 1. The molecule has 15 heteroatoms. The number of rotatable bonds is 12. The number of H-pyrrole nitrogens is 1. The fourth-order valence-corrected chi connectivity index (χ4v) is 7.14. The summed E-state index contributed by atoms with van der Waals surface area (Å²) in [5, 5.41) is 3.82. The maximum absolute atomic E-state index is 14.4. The predicted molar refractivity (Wildman–Crippen MR) is 172 cm³/mol. The summed E-state index contributed by atoms with van der Waals surface area (Å²) in [5.41, 5.74) is 8.70. The Morgan fingerprint density at radius 3 is 2.76 bits per heavy atom. The number of fused-ring (bicyclic) bond motifs is 2. The van der Waals surface area contributed by atoms with E-state index in [0.29, 0.717) is 29.2 Å². The number of benzene rings is 2. The number of methoxy groups -OCH3 is 2. The molecule has 2 aromatic carbocycles. The van der Waals surface area contributed by atoms with Crippen LogP contribution in [-0.2, 0) is 25.0 Å². The lowest BCUT2D eigenvalue weighted by molar-refractivity contribution is -0.142. The number of nitrogen functional groups attached to an aromatic ring is 1. The summed E-state index contributed by atoms with van der Waals surface area (Å²) in [7, 11) is -1.35. The van der Waals surface area contributed by atoms with Gasteiger partial charge in [0.2, 0.25) is 11.8 Å². The van der Waals surface area contributed by atoms with Gasteiger partial charge in [0.1, 0.15) is 11.8 Å². The van der Waals surface area contributed by atoms with Gasteiger partial charge in [-0.15, -0.1) is 0 Å². The van der Waals surface area contributed by atoms with Gasteiger partial charge in [0.25, 0.3) is 0 Å². The van der Waals surface area contributed by atoms with E-state index in [1.54, 1.807) is 30.6 Å². The number of nitrogens with zero attached hydrogens (tertiary/aromatic N) is 4. The zero-order valence-electron chi connectivity index (χ0n) is 24.4. The highest BCUT2D eigenvalue weighted by Gasteiger charge is 2.36. The average Bonchev–Trinajstić information content (AvgIpc) is 3.79. The summed E-state index contributed by atoms with van der Waals surface area (Å²) >= 11 is 3.40.